The Morgan fingerprint density at radius 2 is 2.20 bits per heavy atom. The zero-order valence-corrected chi connectivity index (χ0v) is 12.5. The van der Waals surface area contributed by atoms with Crippen LogP contribution in [0.25, 0.3) is 0 Å². The topological polar surface area (TPSA) is 24.4 Å². The number of hydrogen-bond acceptors (Lipinski definition) is 2. The van der Waals surface area contributed by atoms with E-state index >= 15 is 0 Å². The molecule has 108 valence electrons. The molecule has 1 aromatic rings. The average Bonchev–Trinajstić information content (AvgIpc) is 2.47. The van der Waals surface area contributed by atoms with Crippen molar-refractivity contribution in [1.82, 2.24) is 5.32 Å². The quantitative estimate of drug-likeness (QED) is 0.920. The van der Waals surface area contributed by atoms with E-state index in [1.54, 1.807) is 12.1 Å². The van der Waals surface area contributed by atoms with Gasteiger partial charge >= 0.3 is 0 Å². The van der Waals surface area contributed by atoms with Crippen LogP contribution in [-0.2, 0) is 6.42 Å². The number of rotatable bonds is 3. The van der Waals surface area contributed by atoms with E-state index < -0.39 is 0 Å². The predicted octanol–water partition coefficient (Wildman–Crippen LogP) is 3.62. The molecule has 0 amide bonds. The van der Waals surface area contributed by atoms with E-state index in [1.807, 2.05) is 17.8 Å². The Morgan fingerprint density at radius 1 is 1.30 bits per heavy atom. The van der Waals surface area contributed by atoms with Crippen molar-refractivity contribution in [2.75, 3.05) is 12.3 Å². The molecule has 0 radical (unpaired) electrons. The maximum Gasteiger partial charge on any atom is 0.156 e. The standard InChI is InChI=1S/C16H21FN2S/c17-14-6-3-4-12(10-14)8-9-18-16-19-15-7-2-1-5-13(15)11-20-16/h3-4,6,10,13,15H,1-2,5,7-9,11H2,(H,18,19). The number of fused-ring (bicyclic) bond motifs is 1. The van der Waals surface area contributed by atoms with Crippen LogP contribution in [0.15, 0.2) is 29.3 Å². The molecule has 2 atom stereocenters. The molecule has 2 unspecified atom stereocenters. The molecule has 2 aliphatic rings. The lowest BCUT2D eigenvalue weighted by atomic mass is 9.86. The Hall–Kier alpha value is -1.03. The van der Waals surface area contributed by atoms with Gasteiger partial charge in [-0.1, -0.05) is 36.7 Å². The summed E-state index contributed by atoms with van der Waals surface area (Å²) >= 11 is 1.85. The summed E-state index contributed by atoms with van der Waals surface area (Å²) in [5, 5.41) is 4.68. The van der Waals surface area contributed by atoms with Crippen molar-refractivity contribution in [2.45, 2.75) is 38.1 Å². The van der Waals surface area contributed by atoms with Gasteiger partial charge in [0.25, 0.3) is 0 Å². The summed E-state index contributed by atoms with van der Waals surface area (Å²) in [4.78, 5) is 4.65. The molecule has 3 rings (SSSR count). The first-order chi connectivity index (χ1) is 9.81. The Kier molecular flexibility index (Phi) is 4.61. The SMILES string of the molecule is Fc1cccc(CCN=C2NC3CCCCC3CS2)c1. The maximum atomic E-state index is 13.1. The molecule has 1 aliphatic heterocycles. The van der Waals surface area contributed by atoms with Crippen LogP contribution in [0.2, 0.25) is 0 Å². The summed E-state index contributed by atoms with van der Waals surface area (Å²) in [6, 6.07) is 7.44. The first-order valence-electron chi connectivity index (χ1n) is 7.49. The van der Waals surface area contributed by atoms with Crippen LogP contribution < -0.4 is 5.32 Å². The van der Waals surface area contributed by atoms with Crippen LogP contribution in [0.4, 0.5) is 4.39 Å². The molecule has 0 spiro atoms. The van der Waals surface area contributed by atoms with Crippen LogP contribution in [0.5, 0.6) is 0 Å². The van der Waals surface area contributed by atoms with Crippen molar-refractivity contribution < 1.29 is 4.39 Å². The molecule has 1 aliphatic carbocycles. The van der Waals surface area contributed by atoms with Gasteiger partial charge in [0.15, 0.2) is 5.17 Å². The van der Waals surface area contributed by atoms with E-state index in [-0.39, 0.29) is 5.82 Å². The second-order valence-electron chi connectivity index (χ2n) is 5.67. The molecule has 1 N–H and O–H groups in total. The lowest BCUT2D eigenvalue weighted by Crippen LogP contribution is -2.46. The molecular weight excluding hydrogens is 271 g/mol. The van der Waals surface area contributed by atoms with Gasteiger partial charge < -0.3 is 5.32 Å². The number of nitrogens with zero attached hydrogens (tertiary/aromatic N) is 1. The third kappa shape index (κ3) is 3.54. The van der Waals surface area contributed by atoms with Gasteiger partial charge in [0, 0.05) is 18.3 Å². The Labute approximate surface area is 124 Å². The summed E-state index contributed by atoms with van der Waals surface area (Å²) in [6.45, 7) is 0.732. The number of hydrogen-bond donors (Lipinski definition) is 1. The van der Waals surface area contributed by atoms with Gasteiger partial charge in [-0.15, -0.1) is 0 Å². The predicted molar refractivity (Wildman–Crippen MR) is 83.7 cm³/mol. The summed E-state index contributed by atoms with van der Waals surface area (Å²) in [5.41, 5.74) is 1.02. The van der Waals surface area contributed by atoms with Gasteiger partial charge in [-0.05, 0) is 42.9 Å². The van der Waals surface area contributed by atoms with Crippen molar-refractivity contribution in [3.05, 3.63) is 35.6 Å². The van der Waals surface area contributed by atoms with Crippen molar-refractivity contribution >= 4 is 16.9 Å². The number of aliphatic imine (C=N–C) groups is 1. The van der Waals surface area contributed by atoms with Crippen LogP contribution in [0, 0.1) is 11.7 Å². The fourth-order valence-corrected chi connectivity index (χ4v) is 4.24. The highest BCUT2D eigenvalue weighted by molar-refractivity contribution is 8.13. The third-order valence-electron chi connectivity index (χ3n) is 4.20. The van der Waals surface area contributed by atoms with E-state index in [4.69, 9.17) is 0 Å². The molecule has 20 heavy (non-hydrogen) atoms. The summed E-state index contributed by atoms with van der Waals surface area (Å²) < 4.78 is 13.1. The highest BCUT2D eigenvalue weighted by Crippen LogP contribution is 2.31. The minimum Gasteiger partial charge on any atom is -0.362 e. The Bertz CT molecular complexity index is 489. The second-order valence-corrected chi connectivity index (χ2v) is 6.68. The van der Waals surface area contributed by atoms with Gasteiger partial charge in [-0.3, -0.25) is 4.99 Å². The summed E-state index contributed by atoms with van der Waals surface area (Å²) in [6.07, 6.45) is 6.18. The zero-order chi connectivity index (χ0) is 13.8. The van der Waals surface area contributed by atoms with E-state index in [0.717, 1.165) is 29.6 Å². The van der Waals surface area contributed by atoms with Crippen LogP contribution >= 0.6 is 11.8 Å². The minimum absolute atomic E-state index is 0.162. The minimum atomic E-state index is -0.162. The van der Waals surface area contributed by atoms with Gasteiger partial charge in [0.2, 0.25) is 0 Å². The van der Waals surface area contributed by atoms with Gasteiger partial charge in [-0.25, -0.2) is 4.39 Å². The molecule has 4 heteroatoms. The van der Waals surface area contributed by atoms with Gasteiger partial charge in [0.05, 0.1) is 0 Å². The Balaban J connectivity index is 1.52. The molecule has 1 aromatic carbocycles. The monoisotopic (exact) mass is 292 g/mol. The van der Waals surface area contributed by atoms with Crippen LogP contribution in [-0.4, -0.2) is 23.5 Å². The van der Waals surface area contributed by atoms with Gasteiger partial charge in [-0.2, -0.15) is 0 Å². The number of halogens is 1. The van der Waals surface area contributed by atoms with Crippen molar-refractivity contribution in [1.29, 1.82) is 0 Å². The number of nitrogens with one attached hydrogen (secondary N) is 1. The number of amidine groups is 1. The third-order valence-corrected chi connectivity index (χ3v) is 5.31. The fourth-order valence-electron chi connectivity index (χ4n) is 3.05. The molecule has 2 nitrogen and oxygen atoms in total. The molecular formula is C16H21FN2S. The molecule has 1 saturated heterocycles. The molecule has 1 heterocycles. The lowest BCUT2D eigenvalue weighted by molar-refractivity contribution is 0.311. The van der Waals surface area contributed by atoms with Crippen LogP contribution in [0.3, 0.4) is 0 Å². The first kappa shape index (κ1) is 13.9. The second kappa shape index (κ2) is 6.61. The van der Waals surface area contributed by atoms with E-state index in [0.29, 0.717) is 6.04 Å². The van der Waals surface area contributed by atoms with E-state index in [1.165, 1.54) is 37.5 Å². The van der Waals surface area contributed by atoms with E-state index in [9.17, 15) is 4.39 Å². The largest absolute Gasteiger partial charge is 0.362 e. The average molecular weight is 292 g/mol. The van der Waals surface area contributed by atoms with Crippen molar-refractivity contribution in [3.8, 4) is 0 Å². The zero-order valence-electron chi connectivity index (χ0n) is 11.6. The first-order valence-corrected chi connectivity index (χ1v) is 8.48. The van der Waals surface area contributed by atoms with Crippen molar-refractivity contribution in [3.63, 3.8) is 0 Å². The number of thioether (sulfide) groups is 1. The number of benzene rings is 1. The fraction of sp³-hybridized carbons (Fsp3) is 0.562. The molecule has 2 fully saturated rings. The van der Waals surface area contributed by atoms with Crippen molar-refractivity contribution in [2.24, 2.45) is 10.9 Å². The van der Waals surface area contributed by atoms with E-state index in [2.05, 4.69) is 10.3 Å². The highest BCUT2D eigenvalue weighted by Gasteiger charge is 2.29. The highest BCUT2D eigenvalue weighted by atomic mass is 32.2. The molecule has 0 aromatic heterocycles. The molecule has 1 saturated carbocycles. The normalized spacial score (nSPS) is 27.9. The Morgan fingerprint density at radius 3 is 3.10 bits per heavy atom. The summed E-state index contributed by atoms with van der Waals surface area (Å²) in [7, 11) is 0. The summed E-state index contributed by atoms with van der Waals surface area (Å²) in [5.74, 6) is 1.87. The molecule has 0 bridgehead atoms. The van der Waals surface area contributed by atoms with Crippen LogP contribution in [0.1, 0.15) is 31.2 Å². The smallest absolute Gasteiger partial charge is 0.156 e. The van der Waals surface area contributed by atoms with Gasteiger partial charge in [0.1, 0.15) is 5.82 Å². The maximum absolute atomic E-state index is 13.1. The lowest BCUT2D eigenvalue weighted by Gasteiger charge is -2.36.